The van der Waals surface area contributed by atoms with E-state index in [1.165, 1.54) is 16.2 Å². The third-order valence-electron chi connectivity index (χ3n) is 3.81. The van der Waals surface area contributed by atoms with Gasteiger partial charge in [-0.3, -0.25) is 15.0 Å². The highest BCUT2D eigenvalue weighted by atomic mass is 32.1. The number of aromatic nitrogens is 1. The first-order chi connectivity index (χ1) is 11.7. The number of imide groups is 1. The minimum atomic E-state index is -0.607. The van der Waals surface area contributed by atoms with Crippen LogP contribution in [0.25, 0.3) is 10.2 Å². The van der Waals surface area contributed by atoms with Crippen LogP contribution >= 0.6 is 11.3 Å². The number of hydrazine groups is 1. The van der Waals surface area contributed by atoms with Crippen molar-refractivity contribution >= 4 is 44.2 Å². The van der Waals surface area contributed by atoms with Gasteiger partial charge in [-0.15, -0.1) is 0 Å². The highest BCUT2D eigenvalue weighted by molar-refractivity contribution is 7.22. The molecule has 0 spiro atoms. The molecule has 0 aliphatic carbocycles. The van der Waals surface area contributed by atoms with Gasteiger partial charge in [0.05, 0.1) is 22.3 Å². The van der Waals surface area contributed by atoms with Crippen molar-refractivity contribution in [2.24, 2.45) is 0 Å². The number of carbonyl (C=O) groups excluding carboxylic acids is 2. The molecule has 120 valence electrons. The molecule has 7 heteroatoms. The minimum Gasteiger partial charge on any atom is -0.296 e. The summed E-state index contributed by atoms with van der Waals surface area (Å²) in [6, 6.07) is 16.1. The van der Waals surface area contributed by atoms with Crippen LogP contribution in [0.1, 0.15) is 6.42 Å². The van der Waals surface area contributed by atoms with Crippen LogP contribution in [0.5, 0.6) is 0 Å². The number of benzene rings is 2. The van der Waals surface area contributed by atoms with E-state index in [4.69, 9.17) is 0 Å². The number of nitrogens with zero attached hydrogens (tertiary/aromatic N) is 2. The molecular formula is C17H14N4O2S. The van der Waals surface area contributed by atoms with E-state index in [9.17, 15) is 9.59 Å². The Kier molecular flexibility index (Phi) is 3.72. The molecule has 1 aliphatic heterocycles. The van der Waals surface area contributed by atoms with E-state index in [2.05, 4.69) is 15.8 Å². The van der Waals surface area contributed by atoms with Crippen LogP contribution in [0.3, 0.4) is 0 Å². The number of hydrogen-bond acceptors (Lipinski definition) is 6. The van der Waals surface area contributed by atoms with Gasteiger partial charge in [-0.2, -0.15) is 0 Å². The van der Waals surface area contributed by atoms with Gasteiger partial charge in [-0.1, -0.05) is 41.7 Å². The molecule has 1 aliphatic rings. The van der Waals surface area contributed by atoms with Crippen LogP contribution in [0.4, 0.5) is 10.8 Å². The summed E-state index contributed by atoms with van der Waals surface area (Å²) in [5.41, 5.74) is 7.37. The maximum Gasteiger partial charge on any atom is 0.253 e. The van der Waals surface area contributed by atoms with E-state index in [-0.39, 0.29) is 18.2 Å². The van der Waals surface area contributed by atoms with E-state index >= 15 is 0 Å². The summed E-state index contributed by atoms with van der Waals surface area (Å²) >= 11 is 1.49. The van der Waals surface area contributed by atoms with Crippen LogP contribution in [0, 0.1) is 0 Å². The third kappa shape index (κ3) is 2.64. The molecule has 3 aromatic rings. The van der Waals surface area contributed by atoms with Crippen molar-refractivity contribution in [3.63, 3.8) is 0 Å². The topological polar surface area (TPSA) is 74.3 Å². The molecule has 1 aromatic heterocycles. The number of anilines is 2. The molecular weight excluding hydrogens is 324 g/mol. The van der Waals surface area contributed by atoms with Gasteiger partial charge in [0.1, 0.15) is 6.04 Å². The number of para-hydroxylation sites is 2. The Labute approximate surface area is 142 Å². The number of rotatable bonds is 4. The molecule has 2 heterocycles. The average molecular weight is 338 g/mol. The Bertz CT molecular complexity index is 876. The number of fused-ring (bicyclic) bond motifs is 1. The Morgan fingerprint density at radius 3 is 2.58 bits per heavy atom. The second-order valence-corrected chi connectivity index (χ2v) is 6.45. The summed E-state index contributed by atoms with van der Waals surface area (Å²) < 4.78 is 1.06. The van der Waals surface area contributed by atoms with Crippen LogP contribution in [-0.2, 0) is 9.59 Å². The lowest BCUT2D eigenvalue weighted by Gasteiger charge is -2.15. The Morgan fingerprint density at radius 2 is 1.79 bits per heavy atom. The quantitative estimate of drug-likeness (QED) is 0.565. The molecule has 2 N–H and O–H groups in total. The molecule has 0 bridgehead atoms. The molecule has 0 unspecified atom stereocenters. The molecule has 2 aromatic carbocycles. The standard InChI is InChI=1S/C17H14N4O2S/c22-15-10-13(16(23)21(15)11-6-2-1-3-7-11)19-20-17-18-12-8-4-5-9-14(12)24-17/h1-9,13,19H,10H2,(H,18,20)/t13-/m1/s1. The summed E-state index contributed by atoms with van der Waals surface area (Å²) in [6.45, 7) is 0. The number of carbonyl (C=O) groups is 2. The van der Waals surface area contributed by atoms with E-state index in [1.54, 1.807) is 24.3 Å². The molecule has 0 saturated carbocycles. The maximum atomic E-state index is 12.5. The largest absolute Gasteiger partial charge is 0.296 e. The van der Waals surface area contributed by atoms with Crippen molar-refractivity contribution in [3.8, 4) is 0 Å². The van der Waals surface area contributed by atoms with E-state index in [0.717, 1.165) is 10.2 Å². The summed E-state index contributed by atoms with van der Waals surface area (Å²) in [5.74, 6) is -0.477. The fraction of sp³-hybridized carbons (Fsp3) is 0.118. The normalized spacial score (nSPS) is 17.7. The number of amides is 2. The van der Waals surface area contributed by atoms with Gasteiger partial charge in [0, 0.05) is 0 Å². The summed E-state index contributed by atoms with van der Waals surface area (Å²) in [4.78, 5) is 30.3. The average Bonchev–Trinajstić information content (AvgIpc) is 3.14. The van der Waals surface area contributed by atoms with Crippen LogP contribution in [0.15, 0.2) is 54.6 Å². The zero-order valence-electron chi connectivity index (χ0n) is 12.6. The first kappa shape index (κ1) is 14.8. The van der Waals surface area contributed by atoms with Crippen LogP contribution in [0.2, 0.25) is 0 Å². The Balaban J connectivity index is 1.47. The highest BCUT2D eigenvalue weighted by Crippen LogP contribution is 2.26. The third-order valence-corrected chi connectivity index (χ3v) is 4.76. The molecule has 24 heavy (non-hydrogen) atoms. The van der Waals surface area contributed by atoms with Crippen molar-refractivity contribution in [1.82, 2.24) is 10.4 Å². The lowest BCUT2D eigenvalue weighted by molar-refractivity contribution is -0.121. The second kappa shape index (κ2) is 6.03. The fourth-order valence-electron chi connectivity index (χ4n) is 2.67. The number of nitrogens with one attached hydrogen (secondary N) is 2. The number of thiazole rings is 1. The lowest BCUT2D eigenvalue weighted by Crippen LogP contribution is -2.41. The van der Waals surface area contributed by atoms with Gasteiger partial charge in [0.25, 0.3) is 5.91 Å². The van der Waals surface area contributed by atoms with Gasteiger partial charge in [0.15, 0.2) is 5.13 Å². The molecule has 0 radical (unpaired) electrons. The monoisotopic (exact) mass is 338 g/mol. The zero-order valence-corrected chi connectivity index (χ0v) is 13.4. The van der Waals surface area contributed by atoms with Crippen molar-refractivity contribution in [3.05, 3.63) is 54.6 Å². The van der Waals surface area contributed by atoms with E-state index in [1.807, 2.05) is 30.3 Å². The molecule has 6 nitrogen and oxygen atoms in total. The lowest BCUT2D eigenvalue weighted by atomic mass is 10.2. The Morgan fingerprint density at radius 1 is 1.04 bits per heavy atom. The van der Waals surface area contributed by atoms with Gasteiger partial charge in [-0.05, 0) is 24.3 Å². The summed E-state index contributed by atoms with van der Waals surface area (Å²) in [6.07, 6.45) is 0.117. The highest BCUT2D eigenvalue weighted by Gasteiger charge is 2.39. The van der Waals surface area contributed by atoms with Crippen LogP contribution < -0.4 is 15.8 Å². The van der Waals surface area contributed by atoms with Gasteiger partial charge < -0.3 is 0 Å². The van der Waals surface area contributed by atoms with Gasteiger partial charge in [-0.25, -0.2) is 15.3 Å². The summed E-state index contributed by atoms with van der Waals surface area (Å²) in [5, 5.41) is 0.662. The van der Waals surface area contributed by atoms with Crippen molar-refractivity contribution < 1.29 is 9.59 Å². The van der Waals surface area contributed by atoms with Crippen molar-refractivity contribution in [2.45, 2.75) is 12.5 Å². The van der Waals surface area contributed by atoms with Crippen molar-refractivity contribution in [2.75, 3.05) is 10.3 Å². The van der Waals surface area contributed by atoms with E-state index in [0.29, 0.717) is 10.8 Å². The zero-order chi connectivity index (χ0) is 16.5. The first-order valence-electron chi connectivity index (χ1n) is 7.51. The number of hydrogen-bond donors (Lipinski definition) is 2. The minimum absolute atomic E-state index is 0.117. The smallest absolute Gasteiger partial charge is 0.253 e. The molecule has 4 rings (SSSR count). The predicted molar refractivity (Wildman–Crippen MR) is 93.7 cm³/mol. The molecule has 1 saturated heterocycles. The van der Waals surface area contributed by atoms with Gasteiger partial charge in [0.2, 0.25) is 5.91 Å². The van der Waals surface area contributed by atoms with Gasteiger partial charge >= 0.3 is 0 Å². The Hall–Kier alpha value is -2.77. The second-order valence-electron chi connectivity index (χ2n) is 5.42. The fourth-order valence-corrected chi connectivity index (χ4v) is 3.49. The summed E-state index contributed by atoms with van der Waals surface area (Å²) in [7, 11) is 0. The molecule has 1 fully saturated rings. The maximum absolute atomic E-state index is 12.5. The predicted octanol–water partition coefficient (Wildman–Crippen LogP) is 2.54. The van der Waals surface area contributed by atoms with Crippen molar-refractivity contribution in [1.29, 1.82) is 0 Å². The van der Waals surface area contributed by atoms with E-state index < -0.39 is 6.04 Å². The SMILES string of the molecule is O=C1C[C@@H](NNc2nc3ccccc3s2)C(=O)N1c1ccccc1. The van der Waals surface area contributed by atoms with Crippen LogP contribution in [-0.4, -0.2) is 22.8 Å². The first-order valence-corrected chi connectivity index (χ1v) is 8.33. The molecule has 1 atom stereocenters. The molecule has 2 amide bonds.